The predicted molar refractivity (Wildman–Crippen MR) is 380 cm³/mol. The highest BCUT2D eigenvalue weighted by Crippen LogP contribution is 2.32. The van der Waals surface area contributed by atoms with Crippen molar-refractivity contribution < 1.29 is 58.4 Å². The van der Waals surface area contributed by atoms with Gasteiger partial charge in [-0.2, -0.15) is 0 Å². The third-order valence-corrected chi connectivity index (χ3v) is 18.1. The Bertz CT molecular complexity index is 4730. The van der Waals surface area contributed by atoms with E-state index < -0.39 is 29.7 Å². The van der Waals surface area contributed by atoms with Crippen LogP contribution in [0.5, 0.6) is 40.2 Å². The fourth-order valence-electron chi connectivity index (χ4n) is 8.65. The Balaban J connectivity index is 0.000000185. The fraction of sp³-hybridized carbons (Fsp3) is 0.217. The van der Waals surface area contributed by atoms with Gasteiger partial charge in [0.1, 0.15) is 51.8 Å². The van der Waals surface area contributed by atoms with E-state index in [0.29, 0.717) is 85.2 Å². The molecule has 11 rings (SSSR count). The predicted octanol–water partition coefficient (Wildman–Crippen LogP) is 14.5. The lowest BCUT2D eigenvalue weighted by Crippen LogP contribution is -2.12. The Hall–Kier alpha value is -9.34. The van der Waals surface area contributed by atoms with Crippen molar-refractivity contribution in [2.45, 2.75) is 86.0 Å². The average Bonchev–Trinajstić information content (AvgIpc) is 0.961. The minimum Gasteiger partial charge on any atom is -0.497 e. The van der Waals surface area contributed by atoms with E-state index in [1.807, 2.05) is 96.1 Å². The summed E-state index contributed by atoms with van der Waals surface area (Å²) >= 11 is 17.5. The van der Waals surface area contributed by atoms with Crippen LogP contribution >= 0.6 is 34.8 Å². The Labute approximate surface area is 579 Å². The third kappa shape index (κ3) is 22.6. The van der Waals surface area contributed by atoms with Gasteiger partial charge in [-0.05, 0) is 151 Å². The molecule has 0 spiro atoms. The molecule has 0 unspecified atom stereocenters. The van der Waals surface area contributed by atoms with Crippen molar-refractivity contribution in [3.8, 4) is 40.2 Å². The van der Waals surface area contributed by atoms with E-state index in [2.05, 4.69) is 35.2 Å². The molecule has 3 heterocycles. The van der Waals surface area contributed by atoms with Crippen molar-refractivity contribution in [3.05, 3.63) is 209 Å². The summed E-state index contributed by atoms with van der Waals surface area (Å²) in [6.07, 6.45) is 0.0821. The largest absolute Gasteiger partial charge is 0.497 e. The summed E-state index contributed by atoms with van der Waals surface area (Å²) in [5.41, 5.74) is 11.3. The van der Waals surface area contributed by atoms with Crippen molar-refractivity contribution in [2.24, 2.45) is 5.14 Å². The number of nitrogens with two attached hydrogens (primary N) is 2. The Morgan fingerprint density at radius 3 is 1.02 bits per heavy atom. The number of nitrogens with zero attached hydrogens (tertiary/aromatic N) is 6. The topological polar surface area (TPSA) is 308 Å². The molecule has 97 heavy (non-hydrogen) atoms. The number of nitrogens with one attached hydrogen (secondary N) is 1. The number of primary sulfonamides is 1. The second kappa shape index (κ2) is 34.6. The summed E-state index contributed by atoms with van der Waals surface area (Å²) in [4.78, 5) is 26.4. The van der Waals surface area contributed by atoms with E-state index in [9.17, 15) is 25.3 Å². The lowest BCUT2D eigenvalue weighted by Gasteiger charge is -2.14. The van der Waals surface area contributed by atoms with Crippen LogP contribution in [0.2, 0.25) is 15.5 Å². The van der Waals surface area contributed by atoms with E-state index >= 15 is 0 Å². The Morgan fingerprint density at radius 2 is 0.680 bits per heavy atom. The maximum absolute atomic E-state index is 13.3. The molecule has 28 heteroatoms. The maximum atomic E-state index is 13.3. The third-order valence-electron chi connectivity index (χ3n) is 13.0. The number of hydrogen-bond acceptors (Lipinski definition) is 21. The number of sulfone groups is 2. The van der Waals surface area contributed by atoms with Gasteiger partial charge in [-0.15, -0.1) is 0 Å². The molecule has 0 aliphatic heterocycles. The van der Waals surface area contributed by atoms with Gasteiger partial charge < -0.3 is 44.2 Å². The number of fused-ring (bicyclic) bond motifs is 3. The lowest BCUT2D eigenvalue weighted by molar-refractivity contribution is 0.242. The minimum absolute atomic E-state index is 0.00537. The van der Waals surface area contributed by atoms with Crippen molar-refractivity contribution in [1.29, 1.82) is 0 Å². The van der Waals surface area contributed by atoms with E-state index in [4.69, 9.17) is 78.8 Å². The van der Waals surface area contributed by atoms with Gasteiger partial charge in [0.25, 0.3) is 0 Å². The number of nitrogen functional groups attached to an aromatic ring is 1. The molecule has 3 aromatic heterocycles. The van der Waals surface area contributed by atoms with Gasteiger partial charge in [-0.1, -0.05) is 71.2 Å². The van der Waals surface area contributed by atoms with Gasteiger partial charge in [-0.25, -0.2) is 60.3 Å². The second-order valence-electron chi connectivity index (χ2n) is 21.6. The standard InChI is InChI=1S/C26H27N3O5S.C18H17ClN2O3S.C9H13NO3S.C8H4Cl2N2.C8H11NO2/c1-17(2)34-19-9-11-22(12-10-19)35(30,31)16-25-26(29-24-8-6-5-7-23(24)28-25)27-18-13-20(32-3)15-21(14-18)33-4;1-12(2)24-13-7-9-14(10-8-13)25(22,23)11-17-18(19)21-16-6-4-3-5-15(16)20-17;1-7(2)13-8-3-5-9(6-4-8)14(10,11)12;9-7-8(10)12-6-4-2-1-3-5(6)11-7;1-10-7-3-6(9)4-8(5-7)11-2/h5-15,17H,16H2,1-4H3,(H,27,29);3-10,12H,11H2,1-2H3;3-7H,1-2H3,(H2,10,11,12);1-4H;3-5H,9H2,1-2H3. The van der Waals surface area contributed by atoms with E-state index in [0.717, 1.165) is 11.0 Å². The summed E-state index contributed by atoms with van der Waals surface area (Å²) in [5.74, 6) is 4.14. The van der Waals surface area contributed by atoms with Crippen LogP contribution in [0.15, 0.2) is 197 Å². The van der Waals surface area contributed by atoms with Gasteiger partial charge in [0.2, 0.25) is 10.0 Å². The van der Waals surface area contributed by atoms with Gasteiger partial charge in [0, 0.05) is 47.8 Å². The number of methoxy groups -OCH3 is 4. The monoisotopic (exact) mass is 1440 g/mol. The van der Waals surface area contributed by atoms with E-state index in [1.165, 1.54) is 24.3 Å². The molecule has 0 radical (unpaired) electrons. The van der Waals surface area contributed by atoms with Gasteiger partial charge in [0.15, 0.2) is 41.0 Å². The number of aromatic nitrogens is 6. The highest BCUT2D eigenvalue weighted by molar-refractivity contribution is 7.91. The van der Waals surface area contributed by atoms with Crippen molar-refractivity contribution in [2.75, 3.05) is 39.5 Å². The van der Waals surface area contributed by atoms with Gasteiger partial charge >= 0.3 is 0 Å². The number of hydrogen-bond donors (Lipinski definition) is 3. The Kier molecular flexibility index (Phi) is 26.7. The van der Waals surface area contributed by atoms with Crippen molar-refractivity contribution >= 4 is 115 Å². The van der Waals surface area contributed by atoms with E-state index in [-0.39, 0.29) is 65.7 Å². The maximum Gasteiger partial charge on any atom is 0.238 e. The molecule has 0 atom stereocenters. The molecule has 0 fully saturated rings. The van der Waals surface area contributed by atoms with Crippen LogP contribution in [0.25, 0.3) is 33.1 Å². The van der Waals surface area contributed by atoms with E-state index in [1.54, 1.807) is 132 Å². The van der Waals surface area contributed by atoms with Crippen molar-refractivity contribution in [1.82, 2.24) is 29.9 Å². The smallest absolute Gasteiger partial charge is 0.238 e. The van der Waals surface area contributed by atoms with Crippen LogP contribution in [0.1, 0.15) is 52.9 Å². The summed E-state index contributed by atoms with van der Waals surface area (Å²) < 4.78 is 111. The van der Waals surface area contributed by atoms with Crippen LogP contribution < -0.4 is 49.3 Å². The first-order valence-corrected chi connectivity index (χ1v) is 35.5. The highest BCUT2D eigenvalue weighted by Gasteiger charge is 2.23. The number of halogens is 3. The molecule has 11 aromatic rings. The first-order valence-electron chi connectivity index (χ1n) is 29.6. The molecular weight excluding hydrogens is 1370 g/mol. The lowest BCUT2D eigenvalue weighted by atomic mass is 10.2. The van der Waals surface area contributed by atoms with Gasteiger partial charge in [-0.3, -0.25) is 0 Å². The number of benzene rings is 8. The molecule has 0 amide bonds. The molecule has 0 saturated carbocycles. The molecule has 0 aliphatic rings. The summed E-state index contributed by atoms with van der Waals surface area (Å²) in [6, 6.07) is 51.2. The van der Waals surface area contributed by atoms with Crippen LogP contribution in [-0.4, -0.2) is 102 Å². The molecule has 0 bridgehead atoms. The zero-order valence-corrected chi connectivity index (χ0v) is 59.2. The number of rotatable bonds is 19. The summed E-state index contributed by atoms with van der Waals surface area (Å²) in [5, 5.41) is 8.73. The number of para-hydroxylation sites is 6. The van der Waals surface area contributed by atoms with Crippen LogP contribution in [0.4, 0.5) is 17.2 Å². The molecule has 510 valence electrons. The first-order chi connectivity index (χ1) is 46.0. The zero-order chi connectivity index (χ0) is 70.6. The molecule has 0 saturated heterocycles. The SMILES string of the molecule is CC(C)Oc1ccc(S(=O)(=O)Cc2nc3ccccc3nc2Cl)cc1.CC(C)Oc1ccc(S(N)(=O)=O)cc1.COc1cc(N)cc(OC)c1.COc1cc(Nc2nc3ccccc3nc2CS(=O)(=O)c2ccc(OC(C)C)cc2)cc(OC)c1.Clc1nc2ccccc2nc1Cl. The summed E-state index contributed by atoms with van der Waals surface area (Å²) in [7, 11) is -4.61. The molecule has 8 aromatic carbocycles. The highest BCUT2D eigenvalue weighted by atomic mass is 35.5. The quantitative estimate of drug-likeness (QED) is 0.0633. The van der Waals surface area contributed by atoms with Crippen molar-refractivity contribution in [3.63, 3.8) is 0 Å². The normalized spacial score (nSPS) is 11.2. The Morgan fingerprint density at radius 1 is 0.381 bits per heavy atom. The fourth-order valence-corrected chi connectivity index (χ4v) is 12.3. The second-order valence-corrected chi connectivity index (χ2v) is 28.2. The molecule has 0 aliphatic carbocycles. The number of sulfonamides is 1. The van der Waals surface area contributed by atoms with Crippen LogP contribution in [0.3, 0.4) is 0 Å². The number of ether oxygens (including phenoxy) is 7. The molecule has 5 N–H and O–H groups in total. The molecule has 22 nitrogen and oxygen atoms in total. The average molecular weight is 1440 g/mol. The minimum atomic E-state index is -3.72. The summed E-state index contributed by atoms with van der Waals surface area (Å²) in [6.45, 7) is 11.4. The number of anilines is 3. The first kappa shape index (κ1) is 75.0. The van der Waals surface area contributed by atoms with Crippen LogP contribution in [0, 0.1) is 0 Å². The zero-order valence-electron chi connectivity index (χ0n) is 54.5. The molecular formula is C69H72Cl3N9O13S3. The van der Waals surface area contributed by atoms with Crippen LogP contribution in [-0.2, 0) is 41.2 Å². The van der Waals surface area contributed by atoms with Gasteiger partial charge in [0.05, 0.1) is 106 Å².